The van der Waals surface area contributed by atoms with Crippen LogP contribution in [0.3, 0.4) is 0 Å². The van der Waals surface area contributed by atoms with Crippen LogP contribution in [0.15, 0.2) is 9.03 Å². The summed E-state index contributed by atoms with van der Waals surface area (Å²) >= 11 is 0. The zero-order chi connectivity index (χ0) is 9.62. The number of hydrogen-bond donors (Lipinski definition) is 0. The van der Waals surface area contributed by atoms with Crippen molar-refractivity contribution in [2.45, 2.75) is 0 Å². The Morgan fingerprint density at radius 2 is 1.33 bits per heavy atom. The van der Waals surface area contributed by atoms with Crippen molar-refractivity contribution >= 4 is 26.8 Å². The lowest BCUT2D eigenvalue weighted by Gasteiger charge is -2.27. The molecule has 0 saturated carbocycles. The molecule has 0 aromatic heterocycles. The first-order chi connectivity index (χ1) is 5.12. The van der Waals surface area contributed by atoms with Crippen LogP contribution in [-0.2, 0) is 0 Å². The molecule has 2 nitrogen and oxygen atoms in total. The van der Waals surface area contributed by atoms with Crippen molar-refractivity contribution in [3.8, 4) is 0 Å². The van der Waals surface area contributed by atoms with Crippen molar-refractivity contribution in [1.29, 1.82) is 0 Å². The van der Waals surface area contributed by atoms with Crippen LogP contribution in [0, 0.1) is 0 Å². The molecule has 0 aromatic carbocycles. The lowest BCUT2D eigenvalue weighted by molar-refractivity contribution is 1.72. The van der Waals surface area contributed by atoms with E-state index in [2.05, 4.69) is 45.5 Å². The van der Waals surface area contributed by atoms with Crippen molar-refractivity contribution in [2.75, 3.05) is 40.0 Å². The summed E-state index contributed by atoms with van der Waals surface area (Å²) in [6, 6.07) is 0. The summed E-state index contributed by atoms with van der Waals surface area (Å²) in [5.74, 6) is 0. The Morgan fingerprint density at radius 1 is 0.833 bits per heavy atom. The lowest BCUT2D eigenvalue weighted by Crippen LogP contribution is -1.88. The van der Waals surface area contributed by atoms with E-state index < -0.39 is 21.3 Å². The van der Waals surface area contributed by atoms with E-state index in [1.54, 1.807) is 0 Å². The van der Waals surface area contributed by atoms with Crippen molar-refractivity contribution in [3.05, 3.63) is 0 Å². The standard InChI is InChI=1S/C7H19N2P3/c1-10(2)7-11(3,4)9-12(5,6)8-10/h7H,1-6H3. The second-order valence-electron chi connectivity index (χ2n) is 4.59. The van der Waals surface area contributed by atoms with Gasteiger partial charge < -0.3 is 0 Å². The fourth-order valence-electron chi connectivity index (χ4n) is 1.88. The van der Waals surface area contributed by atoms with Crippen LogP contribution in [0.25, 0.3) is 0 Å². The van der Waals surface area contributed by atoms with Gasteiger partial charge in [0.2, 0.25) is 0 Å². The van der Waals surface area contributed by atoms with Crippen LogP contribution in [-0.4, -0.2) is 45.5 Å². The second-order valence-corrected chi connectivity index (χ2v) is 15.5. The zero-order valence-electron chi connectivity index (χ0n) is 8.81. The van der Waals surface area contributed by atoms with Gasteiger partial charge in [0.05, 0.1) is 7.21 Å². The van der Waals surface area contributed by atoms with E-state index in [1.165, 1.54) is 0 Å². The van der Waals surface area contributed by atoms with E-state index in [1.807, 2.05) is 0 Å². The fraction of sp³-hybridized carbons (Fsp3) is 0.857. The van der Waals surface area contributed by atoms with Gasteiger partial charge in [0.15, 0.2) is 0 Å². The summed E-state index contributed by atoms with van der Waals surface area (Å²) in [6.45, 7) is 13.6. The maximum absolute atomic E-state index is 4.87. The summed E-state index contributed by atoms with van der Waals surface area (Å²) < 4.78 is 9.74. The van der Waals surface area contributed by atoms with Crippen LogP contribution >= 0.6 is 21.3 Å². The smallest absolute Gasteiger partial charge is 0.0711 e. The summed E-state index contributed by atoms with van der Waals surface area (Å²) in [5.41, 5.74) is 2.45. The Hall–Kier alpha value is 0.760. The lowest BCUT2D eigenvalue weighted by atomic mass is 11.8. The van der Waals surface area contributed by atoms with Crippen LogP contribution < -0.4 is 0 Å². The third-order valence-corrected chi connectivity index (χ3v) is 13.2. The SMILES string of the molecule is CP1(C)=CP(C)(C)=NP(C)(C)=N1. The van der Waals surface area contributed by atoms with Gasteiger partial charge in [-0.25, -0.2) is 0 Å². The first kappa shape index (κ1) is 10.8. The molecule has 0 radical (unpaired) electrons. The summed E-state index contributed by atoms with van der Waals surface area (Å²) in [6.07, 6.45) is 0. The maximum atomic E-state index is 4.87. The van der Waals surface area contributed by atoms with E-state index in [0.717, 1.165) is 0 Å². The van der Waals surface area contributed by atoms with Gasteiger partial charge in [-0.05, 0) is 59.6 Å². The van der Waals surface area contributed by atoms with E-state index in [4.69, 9.17) is 9.03 Å². The molecule has 0 aliphatic carbocycles. The van der Waals surface area contributed by atoms with Gasteiger partial charge in [-0.3, -0.25) is 9.03 Å². The molecule has 72 valence electrons. The molecule has 0 aromatic rings. The molecule has 5 heteroatoms. The molecule has 0 atom stereocenters. The summed E-state index contributed by atoms with van der Waals surface area (Å²) in [4.78, 5) is 0. The Labute approximate surface area is 76.4 Å². The average Bonchev–Trinajstić information content (AvgIpc) is 1.44. The summed E-state index contributed by atoms with van der Waals surface area (Å²) in [7, 11) is -3.41. The van der Waals surface area contributed by atoms with Crippen molar-refractivity contribution in [1.82, 2.24) is 0 Å². The number of hydrogen-bond acceptors (Lipinski definition) is 2. The zero-order valence-corrected chi connectivity index (χ0v) is 11.5. The minimum absolute atomic E-state index is 1.07. The number of nitrogens with zero attached hydrogens (tertiary/aromatic N) is 2. The fourth-order valence-corrected chi connectivity index (χ4v) is 18.1. The van der Waals surface area contributed by atoms with Crippen LogP contribution in [0.1, 0.15) is 0 Å². The quantitative estimate of drug-likeness (QED) is 0.559. The first-order valence-electron chi connectivity index (χ1n) is 4.00. The maximum Gasteiger partial charge on any atom is 0.0711 e. The minimum atomic E-state index is -1.26. The van der Waals surface area contributed by atoms with E-state index in [-0.39, 0.29) is 0 Å². The Bertz CT molecular complexity index is 273. The average molecular weight is 224 g/mol. The monoisotopic (exact) mass is 224 g/mol. The molecule has 1 aliphatic rings. The molecule has 1 heterocycles. The highest BCUT2D eigenvalue weighted by molar-refractivity contribution is 8.00. The molecule has 0 saturated heterocycles. The molecule has 0 N–H and O–H groups in total. The third kappa shape index (κ3) is 2.91. The molecule has 0 bridgehead atoms. The number of rotatable bonds is 0. The predicted molar refractivity (Wildman–Crippen MR) is 67.2 cm³/mol. The second kappa shape index (κ2) is 2.88. The molecular formula is C7H19N2P3. The van der Waals surface area contributed by atoms with Crippen LogP contribution in [0.4, 0.5) is 0 Å². The van der Waals surface area contributed by atoms with Gasteiger partial charge in [0.25, 0.3) is 0 Å². The predicted octanol–water partition coefficient (Wildman–Crippen LogP) is 3.79. The largest absolute Gasteiger partial charge is 0.260 e. The van der Waals surface area contributed by atoms with E-state index in [0.29, 0.717) is 0 Å². The van der Waals surface area contributed by atoms with Gasteiger partial charge in [-0.15, -0.1) is 0 Å². The Morgan fingerprint density at radius 3 is 1.67 bits per heavy atom. The Kier molecular flexibility index (Phi) is 2.60. The molecule has 0 unspecified atom stereocenters. The normalized spacial score (nSPS) is 29.5. The highest BCUT2D eigenvalue weighted by Gasteiger charge is 2.18. The molecule has 0 spiro atoms. The minimum Gasteiger partial charge on any atom is -0.260 e. The topological polar surface area (TPSA) is 24.7 Å². The molecule has 12 heavy (non-hydrogen) atoms. The molecular weight excluding hydrogens is 205 g/mol. The van der Waals surface area contributed by atoms with E-state index in [9.17, 15) is 0 Å². The Balaban J connectivity index is 3.46. The summed E-state index contributed by atoms with van der Waals surface area (Å²) in [5, 5.41) is 0. The first-order valence-corrected chi connectivity index (χ1v) is 12.0. The highest BCUT2D eigenvalue weighted by Crippen LogP contribution is 2.68. The van der Waals surface area contributed by atoms with Crippen molar-refractivity contribution < 1.29 is 0 Å². The van der Waals surface area contributed by atoms with Gasteiger partial charge in [0, 0.05) is 0 Å². The van der Waals surface area contributed by atoms with Gasteiger partial charge >= 0.3 is 0 Å². The molecule has 1 aliphatic heterocycles. The van der Waals surface area contributed by atoms with Gasteiger partial charge in [-0.1, -0.05) is 0 Å². The molecule has 0 fully saturated rings. The van der Waals surface area contributed by atoms with Crippen molar-refractivity contribution in [3.63, 3.8) is 0 Å². The molecule has 1 rings (SSSR count). The van der Waals surface area contributed by atoms with Crippen LogP contribution in [0.2, 0.25) is 0 Å². The van der Waals surface area contributed by atoms with E-state index >= 15 is 0 Å². The third-order valence-electron chi connectivity index (χ3n) is 1.46. The van der Waals surface area contributed by atoms with Crippen molar-refractivity contribution in [2.24, 2.45) is 9.03 Å². The van der Waals surface area contributed by atoms with Gasteiger partial charge in [0.1, 0.15) is 0 Å². The van der Waals surface area contributed by atoms with Gasteiger partial charge in [-0.2, -0.15) is 0 Å². The molecule has 0 amide bonds. The van der Waals surface area contributed by atoms with Crippen LogP contribution in [0.5, 0.6) is 0 Å². The highest BCUT2D eigenvalue weighted by atomic mass is 31.2.